The number of amides is 4. The van der Waals surface area contributed by atoms with E-state index in [1.54, 1.807) is 0 Å². The number of hydrogen-bond acceptors (Lipinski definition) is 5. The van der Waals surface area contributed by atoms with Crippen LogP contribution in [0.2, 0.25) is 5.02 Å². The summed E-state index contributed by atoms with van der Waals surface area (Å²) in [6.07, 6.45) is -2.07. The molecular formula is C22H15BrClF3N2O5. The number of imide groups is 2. The minimum atomic E-state index is -4.75. The van der Waals surface area contributed by atoms with Crippen molar-refractivity contribution in [2.24, 2.45) is 0 Å². The Morgan fingerprint density at radius 3 is 2.53 bits per heavy atom. The van der Waals surface area contributed by atoms with Crippen molar-refractivity contribution in [3.05, 3.63) is 69.2 Å². The number of alkyl halides is 3. The van der Waals surface area contributed by atoms with Gasteiger partial charge in [0.25, 0.3) is 11.8 Å². The zero-order chi connectivity index (χ0) is 25.2. The molecule has 0 saturated carbocycles. The van der Waals surface area contributed by atoms with E-state index in [0.29, 0.717) is 32.8 Å². The zero-order valence-corrected chi connectivity index (χ0v) is 19.7. The highest BCUT2D eigenvalue weighted by molar-refractivity contribution is 9.10. The number of nitrogens with zero attached hydrogens (tertiary/aromatic N) is 1. The van der Waals surface area contributed by atoms with Gasteiger partial charge in [-0.05, 0) is 57.9 Å². The number of halogens is 5. The van der Waals surface area contributed by atoms with Gasteiger partial charge in [-0.25, -0.2) is 9.69 Å². The third-order valence-corrected chi connectivity index (χ3v) is 5.43. The molecule has 0 atom stereocenters. The number of carbonyl (C=O) groups is 3. The van der Waals surface area contributed by atoms with Gasteiger partial charge in [0.2, 0.25) is 0 Å². The van der Waals surface area contributed by atoms with E-state index in [1.807, 2.05) is 5.32 Å². The first-order valence-electron chi connectivity index (χ1n) is 9.37. The van der Waals surface area contributed by atoms with E-state index < -0.39 is 40.8 Å². The second-order valence-corrected chi connectivity index (χ2v) is 8.02. The number of hydrogen-bond donors (Lipinski definition) is 1. The lowest BCUT2D eigenvalue weighted by molar-refractivity contribution is -0.137. The first-order chi connectivity index (χ1) is 16.0. The normalized spacial score (nSPS) is 15.4. The average Bonchev–Trinajstić information content (AvgIpc) is 2.75. The van der Waals surface area contributed by atoms with Crippen LogP contribution < -0.4 is 19.7 Å². The van der Waals surface area contributed by atoms with Crippen molar-refractivity contribution in [2.45, 2.75) is 6.18 Å². The van der Waals surface area contributed by atoms with Crippen molar-refractivity contribution >= 4 is 57.1 Å². The summed E-state index contributed by atoms with van der Waals surface area (Å²) < 4.78 is 50.7. The molecule has 1 heterocycles. The first-order valence-corrected chi connectivity index (χ1v) is 10.5. The molecule has 0 aliphatic carbocycles. The van der Waals surface area contributed by atoms with Crippen molar-refractivity contribution in [1.82, 2.24) is 5.32 Å². The predicted molar refractivity (Wildman–Crippen MR) is 122 cm³/mol. The fourth-order valence-electron chi connectivity index (χ4n) is 3.01. The Morgan fingerprint density at radius 2 is 1.91 bits per heavy atom. The smallest absolute Gasteiger partial charge is 0.416 e. The third kappa shape index (κ3) is 5.10. The molecule has 1 aliphatic rings. The van der Waals surface area contributed by atoms with Gasteiger partial charge in [-0.15, -0.1) is 0 Å². The van der Waals surface area contributed by atoms with Crippen LogP contribution in [-0.2, 0) is 15.8 Å². The zero-order valence-electron chi connectivity index (χ0n) is 17.3. The Kier molecular flexibility index (Phi) is 7.37. The lowest BCUT2D eigenvalue weighted by Crippen LogP contribution is -2.54. The Labute approximate surface area is 204 Å². The first kappa shape index (κ1) is 25.3. The van der Waals surface area contributed by atoms with Crippen molar-refractivity contribution in [3.63, 3.8) is 0 Å². The van der Waals surface area contributed by atoms with Gasteiger partial charge in [0.1, 0.15) is 12.2 Å². The van der Waals surface area contributed by atoms with E-state index in [-0.39, 0.29) is 17.4 Å². The van der Waals surface area contributed by atoms with Crippen LogP contribution in [0, 0.1) is 0 Å². The van der Waals surface area contributed by atoms with Gasteiger partial charge in [-0.2, -0.15) is 13.2 Å². The second-order valence-electron chi connectivity index (χ2n) is 6.76. The predicted octanol–water partition coefficient (Wildman–Crippen LogP) is 5.36. The van der Waals surface area contributed by atoms with Gasteiger partial charge in [-0.3, -0.25) is 14.9 Å². The Hall–Kier alpha value is -3.31. The summed E-state index contributed by atoms with van der Waals surface area (Å²) in [6.45, 7) is 3.74. The van der Waals surface area contributed by atoms with E-state index in [1.165, 1.54) is 25.3 Å². The number of nitrogens with one attached hydrogen (secondary N) is 1. The Morgan fingerprint density at radius 1 is 1.21 bits per heavy atom. The topological polar surface area (TPSA) is 84.9 Å². The summed E-state index contributed by atoms with van der Waals surface area (Å²) in [6, 6.07) is 3.92. The largest absolute Gasteiger partial charge is 0.493 e. The van der Waals surface area contributed by atoms with Crippen LogP contribution in [0.3, 0.4) is 0 Å². The van der Waals surface area contributed by atoms with Crippen molar-refractivity contribution in [1.29, 1.82) is 0 Å². The number of urea groups is 1. The number of carbonyl (C=O) groups excluding carboxylic acids is 3. The van der Waals surface area contributed by atoms with Gasteiger partial charge in [-0.1, -0.05) is 24.3 Å². The number of benzene rings is 2. The van der Waals surface area contributed by atoms with E-state index >= 15 is 0 Å². The SMILES string of the molecule is C=CCOc1c(Br)cc(/C=C2\C(=O)NC(=O)N(c3cc(C(F)(F)F)ccc3Cl)C2=O)cc1OC. The molecule has 1 saturated heterocycles. The lowest BCUT2D eigenvalue weighted by atomic mass is 10.1. The number of methoxy groups -OCH3 is 1. The summed E-state index contributed by atoms with van der Waals surface area (Å²) in [5, 5.41) is 1.64. The minimum absolute atomic E-state index is 0.186. The highest BCUT2D eigenvalue weighted by Crippen LogP contribution is 2.39. The van der Waals surface area contributed by atoms with Crippen LogP contribution >= 0.6 is 27.5 Å². The lowest BCUT2D eigenvalue weighted by Gasteiger charge is -2.27. The monoisotopic (exact) mass is 558 g/mol. The summed E-state index contributed by atoms with van der Waals surface area (Å²) in [4.78, 5) is 38.2. The number of ether oxygens (including phenoxy) is 2. The fraction of sp³-hybridized carbons (Fsp3) is 0.136. The maximum absolute atomic E-state index is 13.2. The van der Waals surface area contributed by atoms with Crippen molar-refractivity contribution < 1.29 is 37.0 Å². The average molecular weight is 560 g/mol. The number of rotatable bonds is 6. The van der Waals surface area contributed by atoms with E-state index in [9.17, 15) is 27.6 Å². The van der Waals surface area contributed by atoms with Gasteiger partial charge >= 0.3 is 12.2 Å². The molecule has 0 bridgehead atoms. The summed E-state index contributed by atoms with van der Waals surface area (Å²) in [7, 11) is 1.38. The van der Waals surface area contributed by atoms with E-state index in [0.717, 1.165) is 12.1 Å². The van der Waals surface area contributed by atoms with E-state index in [2.05, 4.69) is 22.5 Å². The van der Waals surface area contributed by atoms with Crippen LogP contribution in [0.25, 0.3) is 6.08 Å². The highest BCUT2D eigenvalue weighted by atomic mass is 79.9. The molecule has 12 heteroatoms. The third-order valence-electron chi connectivity index (χ3n) is 4.52. The molecule has 2 aromatic carbocycles. The molecule has 7 nitrogen and oxygen atoms in total. The van der Waals surface area contributed by atoms with Crippen LogP contribution in [0.4, 0.5) is 23.7 Å². The van der Waals surface area contributed by atoms with Crippen molar-refractivity contribution in [3.8, 4) is 11.5 Å². The number of barbiturate groups is 1. The van der Waals surface area contributed by atoms with Crippen LogP contribution in [-0.4, -0.2) is 31.6 Å². The summed E-state index contributed by atoms with van der Waals surface area (Å²) in [5.74, 6) is -1.58. The Balaban J connectivity index is 2.07. The molecule has 34 heavy (non-hydrogen) atoms. The van der Waals surface area contributed by atoms with Gasteiger partial charge in [0.15, 0.2) is 11.5 Å². The summed E-state index contributed by atoms with van der Waals surface area (Å²) in [5.41, 5.74) is -1.86. The molecule has 4 amide bonds. The van der Waals surface area contributed by atoms with Crippen LogP contribution in [0.5, 0.6) is 11.5 Å². The van der Waals surface area contributed by atoms with Gasteiger partial charge in [0, 0.05) is 0 Å². The van der Waals surface area contributed by atoms with E-state index in [4.69, 9.17) is 21.1 Å². The molecule has 3 rings (SSSR count). The standard InChI is InChI=1S/C22H15BrClF3N2O5/c1-3-6-34-18-14(23)8-11(9-17(18)33-2)7-13-19(30)28-21(32)29(20(13)31)16-10-12(22(25,26)27)4-5-15(16)24/h3-5,7-10H,1,6H2,2H3,(H,28,30,32)/b13-7+. The second kappa shape index (κ2) is 9.90. The molecule has 1 N–H and O–H groups in total. The quantitative estimate of drug-likeness (QED) is 0.293. The molecule has 178 valence electrons. The molecule has 2 aromatic rings. The maximum atomic E-state index is 13.2. The van der Waals surface area contributed by atoms with Gasteiger partial charge in [0.05, 0.1) is 27.9 Å². The molecule has 0 unspecified atom stereocenters. The molecule has 0 radical (unpaired) electrons. The van der Waals surface area contributed by atoms with Gasteiger partial charge < -0.3 is 9.47 Å². The van der Waals surface area contributed by atoms with Crippen LogP contribution in [0.1, 0.15) is 11.1 Å². The molecule has 0 aromatic heterocycles. The van der Waals surface area contributed by atoms with Crippen LogP contribution in [0.15, 0.2) is 53.0 Å². The minimum Gasteiger partial charge on any atom is -0.493 e. The maximum Gasteiger partial charge on any atom is 0.416 e. The van der Waals surface area contributed by atoms with Crippen molar-refractivity contribution in [2.75, 3.05) is 18.6 Å². The molecule has 1 fully saturated rings. The fourth-order valence-corrected chi connectivity index (χ4v) is 3.78. The molecule has 1 aliphatic heterocycles. The Bertz CT molecular complexity index is 1230. The molecular weight excluding hydrogens is 545 g/mol. The molecule has 0 spiro atoms. The number of anilines is 1. The summed E-state index contributed by atoms with van der Waals surface area (Å²) >= 11 is 9.30. The highest BCUT2D eigenvalue weighted by Gasteiger charge is 2.39.